The fraction of sp³-hybridized carbons (Fsp3) is 0.643. The van der Waals surface area contributed by atoms with E-state index in [-0.39, 0.29) is 6.61 Å². The van der Waals surface area contributed by atoms with Gasteiger partial charge >= 0.3 is 0 Å². The molecule has 9 aromatic heterocycles. The molecule has 10 aromatic rings. The third-order valence-electron chi connectivity index (χ3n) is 26.8. The molecule has 0 aliphatic heterocycles. The second-order valence-electron chi connectivity index (χ2n) is 37.8. The van der Waals surface area contributed by atoms with Crippen molar-refractivity contribution in [3.8, 4) is 85.8 Å². The molecule has 0 fully saturated rings. The molecule has 0 aliphatic carbocycles. The first kappa shape index (κ1) is 107. The number of nitriles is 1. The number of nitrogens with zero attached hydrogens (tertiary/aromatic N) is 1. The summed E-state index contributed by atoms with van der Waals surface area (Å²) in [7, 11) is 0. The normalized spacial score (nSPS) is 12.5. The van der Waals surface area contributed by atoms with Crippen molar-refractivity contribution in [1.82, 2.24) is 0 Å². The minimum Gasteiger partial charge on any atom is -0.491 e. The van der Waals surface area contributed by atoms with E-state index in [4.69, 9.17) is 19.2 Å². The highest BCUT2D eigenvalue weighted by atomic mass is 32.1. The molecule has 0 aliphatic rings. The number of fused-ring (bicyclic) bond motifs is 2. The Morgan fingerprint density at radius 3 is 0.977 bits per heavy atom. The maximum atomic E-state index is 10.5. The van der Waals surface area contributed by atoms with Crippen LogP contribution in [0.5, 0.6) is 11.5 Å². The molecule has 1 aromatic carbocycles. The zero-order valence-electron chi connectivity index (χ0n) is 82.7. The van der Waals surface area contributed by atoms with Crippen molar-refractivity contribution in [2.24, 2.45) is 11.8 Å². The Bertz CT molecular complexity index is 4730. The van der Waals surface area contributed by atoms with Crippen molar-refractivity contribution >= 4 is 128 Å². The van der Waals surface area contributed by atoms with Gasteiger partial charge in [0.25, 0.3) is 0 Å². The highest BCUT2D eigenvalue weighted by Gasteiger charge is 2.29. The third-order valence-corrected chi connectivity index (χ3v) is 38.4. The lowest BCUT2D eigenvalue weighted by atomic mass is 10.0. The molecule has 10 rings (SSSR count). The van der Waals surface area contributed by atoms with E-state index in [1.807, 2.05) is 56.7 Å². The van der Waals surface area contributed by atoms with Gasteiger partial charge in [0.2, 0.25) is 0 Å². The average Bonchev–Trinajstić information content (AvgIpc) is 1.57. The standard InChI is InChI=1S/C115H169NO4S9/c1-13-24-33-40-47-54-63-89-74-104(121-85(89)12)112-91(65-56-49-42-35-26-15-3)75-100(124-112)102-79-96-107(117-82-86(22-10)61-31-20-8)115-97(108(114(96)126-102)118-83-87(23-11)62-32-21-9)80-103(127-115)101-76-92(66-57-50-43-36-27-16-4)113(125-101)106-78-94(68-59-52-45-38-29-18-6)110(129-106)99-70-69-98(123-99)109-93(67-58-51-44-37-28-17-5)77-105(128-109)111-90(64-55-48-41-34-25-14-2)73-95(122-111)72-88(81-116)84-120-119-71-60-53-46-39-30-19-7/h69-70,72-80,86-87H,13-68,71,82-84H2,1-12H3. The molecule has 5 nitrogen and oxygen atoms in total. The number of unbranched alkanes of at least 4 members (excludes halogenated alkanes) is 37. The third kappa shape index (κ3) is 34.2. The van der Waals surface area contributed by atoms with Gasteiger partial charge in [0.15, 0.2) is 0 Å². The van der Waals surface area contributed by atoms with Crippen LogP contribution >= 0.6 is 102 Å². The lowest BCUT2D eigenvalue weighted by molar-refractivity contribution is -0.287. The van der Waals surface area contributed by atoms with Crippen LogP contribution in [0.2, 0.25) is 0 Å². The van der Waals surface area contributed by atoms with Gasteiger partial charge < -0.3 is 9.47 Å². The highest BCUT2D eigenvalue weighted by Crippen LogP contribution is 2.57. The van der Waals surface area contributed by atoms with Gasteiger partial charge in [-0.3, -0.25) is 0 Å². The summed E-state index contributed by atoms with van der Waals surface area (Å²) in [5, 5.41) is 13.0. The van der Waals surface area contributed by atoms with E-state index in [1.165, 1.54) is 417 Å². The minimum absolute atomic E-state index is 0.160. The van der Waals surface area contributed by atoms with Crippen LogP contribution in [0.15, 0.2) is 66.2 Å². The summed E-state index contributed by atoms with van der Waals surface area (Å²) in [6.07, 6.45) is 71.8. The van der Waals surface area contributed by atoms with E-state index < -0.39 is 0 Å². The monoisotopic (exact) mass is 1920 g/mol. The van der Waals surface area contributed by atoms with E-state index in [2.05, 4.69) is 201 Å². The number of hydrogen-bond donors (Lipinski definition) is 0. The fourth-order valence-electron chi connectivity index (χ4n) is 18.5. The van der Waals surface area contributed by atoms with Crippen LogP contribution in [0.3, 0.4) is 0 Å². The Morgan fingerprint density at radius 2 is 0.605 bits per heavy atom. The van der Waals surface area contributed by atoms with Crippen LogP contribution in [0, 0.1) is 30.1 Å². The van der Waals surface area contributed by atoms with Crippen LogP contribution in [0.4, 0.5) is 0 Å². The first-order valence-electron chi connectivity index (χ1n) is 52.9. The Kier molecular flexibility index (Phi) is 51.2. The lowest BCUT2D eigenvalue weighted by Crippen LogP contribution is -2.12. The summed E-state index contributed by atoms with van der Waals surface area (Å²) in [4.78, 5) is 33.9. The zero-order chi connectivity index (χ0) is 91.0. The van der Waals surface area contributed by atoms with Crippen molar-refractivity contribution in [2.75, 3.05) is 26.4 Å². The van der Waals surface area contributed by atoms with Gasteiger partial charge in [-0.1, -0.05) is 339 Å². The largest absolute Gasteiger partial charge is 0.491 e. The fourth-order valence-corrected chi connectivity index (χ4v) is 29.8. The summed E-state index contributed by atoms with van der Waals surface area (Å²) in [5.41, 5.74) is 9.69. The highest BCUT2D eigenvalue weighted by molar-refractivity contribution is 7.32. The lowest BCUT2D eigenvalue weighted by Gasteiger charge is -2.19. The maximum absolute atomic E-state index is 10.5. The van der Waals surface area contributed by atoms with E-state index in [0.717, 1.165) is 87.4 Å². The molecule has 14 heteroatoms. The summed E-state index contributed by atoms with van der Waals surface area (Å²) in [6.45, 7) is 30.3. The molecule has 0 bridgehead atoms. The molecule has 2 atom stereocenters. The van der Waals surface area contributed by atoms with Crippen molar-refractivity contribution in [2.45, 2.75) is 443 Å². The Balaban J connectivity index is 1.08. The Labute approximate surface area is 821 Å². The van der Waals surface area contributed by atoms with E-state index >= 15 is 0 Å². The molecule has 0 spiro atoms. The van der Waals surface area contributed by atoms with Crippen LogP contribution in [0.25, 0.3) is 94.5 Å². The average molecular weight is 1920 g/mol. The first-order chi connectivity index (χ1) is 63.4. The van der Waals surface area contributed by atoms with E-state index in [0.29, 0.717) is 24.0 Å². The van der Waals surface area contributed by atoms with E-state index in [1.54, 1.807) is 11.1 Å². The maximum Gasteiger partial charge on any atom is 0.146 e. The van der Waals surface area contributed by atoms with Crippen LogP contribution in [-0.2, 0) is 48.3 Å². The predicted molar refractivity (Wildman–Crippen MR) is 584 cm³/mol. The van der Waals surface area contributed by atoms with Crippen molar-refractivity contribution < 1.29 is 19.2 Å². The molecule has 0 saturated carbocycles. The Hall–Kier alpha value is -4.21. The number of hydrogen-bond acceptors (Lipinski definition) is 14. The molecule has 0 radical (unpaired) electrons. The summed E-state index contributed by atoms with van der Waals surface area (Å²) >= 11 is 18.2. The van der Waals surface area contributed by atoms with Crippen molar-refractivity contribution in [1.29, 1.82) is 5.26 Å². The number of rotatable bonds is 74. The molecule has 0 amide bonds. The topological polar surface area (TPSA) is 60.7 Å². The molecule has 712 valence electrons. The van der Waals surface area contributed by atoms with Crippen LogP contribution in [-0.4, -0.2) is 26.4 Å². The summed E-state index contributed by atoms with van der Waals surface area (Å²) in [5.74, 6) is 3.12. The first-order valence-corrected chi connectivity index (χ1v) is 60.3. The molecule has 129 heavy (non-hydrogen) atoms. The minimum atomic E-state index is 0.160. The summed E-state index contributed by atoms with van der Waals surface area (Å²) in [6, 6.07) is 28.2. The second kappa shape index (κ2) is 61.8. The molecule has 0 N–H and O–H groups in total. The Morgan fingerprint density at radius 1 is 0.302 bits per heavy atom. The summed E-state index contributed by atoms with van der Waals surface area (Å²) < 4.78 is 17.8. The SMILES string of the molecule is CCCCCCCCOOCC(C#N)=Cc1cc(CCCCCCCC)c(-c2cc(CCCCCCCC)c(-c3ccc(-c4sc(-c5sc(-c6cc7c(OCC(CC)CCCC)c8sc(-c9cc(CCCCCCCC)c(-c%10cc(CCCCCCCC)c(C)s%10)s9)cc8c(OCC(CC)CCCC)c7s6)cc5CCCCCCCC)cc4CCCCCCCC)s3)s2)s1. The number of thiophene rings is 9. The van der Waals surface area contributed by atoms with Crippen molar-refractivity contribution in [3.05, 3.63) is 109 Å². The van der Waals surface area contributed by atoms with Gasteiger partial charge in [0, 0.05) is 88.8 Å². The van der Waals surface area contributed by atoms with Gasteiger partial charge in [-0.2, -0.15) is 5.26 Å². The molecular weight excluding hydrogens is 1750 g/mol. The smallest absolute Gasteiger partial charge is 0.146 e. The predicted octanol–water partition coefficient (Wildman–Crippen LogP) is 42.3. The number of ether oxygens (including phenoxy) is 2. The zero-order valence-corrected chi connectivity index (χ0v) is 90.0. The van der Waals surface area contributed by atoms with Gasteiger partial charge in [-0.15, -0.1) is 102 Å². The van der Waals surface area contributed by atoms with Gasteiger partial charge in [-0.25, -0.2) is 9.78 Å². The molecule has 0 saturated heterocycles. The van der Waals surface area contributed by atoms with E-state index in [9.17, 15) is 5.26 Å². The van der Waals surface area contributed by atoms with Crippen molar-refractivity contribution in [3.63, 3.8) is 0 Å². The van der Waals surface area contributed by atoms with Crippen LogP contribution < -0.4 is 9.47 Å². The molecular formula is C115H169NO4S9. The molecule has 2 unspecified atom stereocenters. The van der Waals surface area contributed by atoms with Gasteiger partial charge in [0.05, 0.1) is 40.9 Å². The second-order valence-corrected chi connectivity index (χ2v) is 47.5. The molecule has 9 heterocycles. The van der Waals surface area contributed by atoms with Gasteiger partial charge in [-0.05, 0) is 215 Å². The van der Waals surface area contributed by atoms with Gasteiger partial charge in [0.1, 0.15) is 18.1 Å². The van der Waals surface area contributed by atoms with Crippen LogP contribution in [0.1, 0.15) is 440 Å². The number of benzene rings is 1. The number of aryl methyl sites for hydroxylation is 7. The quantitative estimate of drug-likeness (QED) is 0.0165.